The molecule has 3 aromatic heterocycles. The van der Waals surface area contributed by atoms with Gasteiger partial charge in [-0.15, -0.1) is 0 Å². The van der Waals surface area contributed by atoms with E-state index in [1.54, 1.807) is 43.3 Å². The van der Waals surface area contributed by atoms with Gasteiger partial charge in [0.25, 0.3) is 0 Å². The molecular formula is C48H36N4O6. The monoisotopic (exact) mass is 764 g/mol. The molecule has 0 aliphatic carbocycles. The molecule has 2 aliphatic rings. The van der Waals surface area contributed by atoms with Crippen LogP contribution in [0.3, 0.4) is 0 Å². The van der Waals surface area contributed by atoms with Crippen LogP contribution in [-0.4, -0.2) is 54.4 Å². The minimum Gasteiger partial charge on any atom is -0.508 e. The van der Waals surface area contributed by atoms with E-state index in [9.17, 15) is 20.1 Å². The molecular weight excluding hydrogens is 729 g/mol. The fourth-order valence-corrected chi connectivity index (χ4v) is 7.37. The summed E-state index contributed by atoms with van der Waals surface area (Å²) >= 11 is 0. The number of carbonyl (C=O) groups is 1. The minimum absolute atomic E-state index is 0.151. The number of aromatic amines is 2. The van der Waals surface area contributed by atoms with E-state index in [4.69, 9.17) is 19.4 Å². The molecule has 9 rings (SSSR count). The van der Waals surface area contributed by atoms with Crippen molar-refractivity contribution in [3.05, 3.63) is 144 Å². The summed E-state index contributed by atoms with van der Waals surface area (Å²) in [6, 6.07) is 36.7. The van der Waals surface area contributed by atoms with Crippen molar-refractivity contribution in [1.82, 2.24) is 19.9 Å². The number of H-pyrrole nitrogens is 2. The van der Waals surface area contributed by atoms with Crippen LogP contribution in [0.2, 0.25) is 0 Å². The fourth-order valence-electron chi connectivity index (χ4n) is 7.37. The third-order valence-corrected chi connectivity index (χ3v) is 10.0. The van der Waals surface area contributed by atoms with E-state index in [-0.39, 0.29) is 30.5 Å². The standard InChI is InChI=1S/C48H36N4O6/c1-2-57-44(56)27-58-35-17-9-31(10-18-35)48-42-25-23-40(51-42)46(29-5-13-33(54)14-6-29)38-21-19-36(49-38)45(28-3-11-32(53)12-4-28)37-20-22-39(50-37)47(41-24-26-43(48)52-41)30-7-15-34(55)16-8-30/h3-26,49,52-55H,2,27H2,1H3. The largest absolute Gasteiger partial charge is 0.508 e. The Hall–Kier alpha value is -7.85. The molecule has 2 aliphatic heterocycles. The van der Waals surface area contributed by atoms with Crippen molar-refractivity contribution in [1.29, 1.82) is 0 Å². The van der Waals surface area contributed by atoms with Crippen LogP contribution < -0.4 is 4.74 Å². The first-order valence-corrected chi connectivity index (χ1v) is 18.7. The number of nitrogens with one attached hydrogen (secondary N) is 2. The molecule has 0 saturated carbocycles. The van der Waals surface area contributed by atoms with Crippen LogP contribution in [0.15, 0.2) is 121 Å². The number of ether oxygens (including phenoxy) is 2. The number of hydrogen-bond donors (Lipinski definition) is 5. The molecule has 0 fully saturated rings. The molecule has 0 radical (unpaired) electrons. The zero-order valence-electron chi connectivity index (χ0n) is 31.2. The highest BCUT2D eigenvalue weighted by molar-refractivity contribution is 6.00. The van der Waals surface area contributed by atoms with E-state index in [0.717, 1.165) is 66.6 Å². The molecule has 5 N–H and O–H groups in total. The first-order chi connectivity index (χ1) is 28.3. The Balaban J connectivity index is 1.37. The van der Waals surface area contributed by atoms with Crippen molar-refractivity contribution in [3.8, 4) is 67.5 Å². The van der Waals surface area contributed by atoms with Crippen molar-refractivity contribution in [2.24, 2.45) is 0 Å². The number of rotatable bonds is 8. The average molecular weight is 765 g/mol. The maximum Gasteiger partial charge on any atom is 0.344 e. The van der Waals surface area contributed by atoms with Gasteiger partial charge in [0.1, 0.15) is 23.0 Å². The Labute approximate surface area is 332 Å². The second kappa shape index (κ2) is 15.0. The Morgan fingerprint density at radius 1 is 0.483 bits per heavy atom. The summed E-state index contributed by atoms with van der Waals surface area (Å²) in [5.74, 6) is 0.532. The van der Waals surface area contributed by atoms with Crippen molar-refractivity contribution in [2.45, 2.75) is 6.92 Å². The molecule has 0 spiro atoms. The summed E-state index contributed by atoms with van der Waals surface area (Å²) in [6.07, 6.45) is 7.94. The van der Waals surface area contributed by atoms with Crippen LogP contribution in [0, 0.1) is 0 Å². The highest BCUT2D eigenvalue weighted by atomic mass is 16.6. The summed E-state index contributed by atoms with van der Waals surface area (Å²) < 4.78 is 10.7. The summed E-state index contributed by atoms with van der Waals surface area (Å²) in [7, 11) is 0. The zero-order chi connectivity index (χ0) is 39.8. The van der Waals surface area contributed by atoms with Gasteiger partial charge in [-0.3, -0.25) is 0 Å². The van der Waals surface area contributed by atoms with E-state index in [1.807, 2.05) is 109 Å². The SMILES string of the molecule is CCOC(=O)COc1ccc(-c2c3nc(c(-c4ccc(O)cc4)c4ccc([nH]4)c(-c4ccc(O)cc4)c4nc(c(-c5ccc(O)cc5)c5ccc2[nH]5)C=C4)C=C3)cc1. The molecule has 0 amide bonds. The average Bonchev–Trinajstić information content (AvgIpc) is 4.08. The predicted molar refractivity (Wildman–Crippen MR) is 228 cm³/mol. The molecule has 284 valence electrons. The molecule has 7 aromatic rings. The lowest BCUT2D eigenvalue weighted by atomic mass is 10.0. The van der Waals surface area contributed by atoms with Gasteiger partial charge >= 0.3 is 5.97 Å². The van der Waals surface area contributed by atoms with Gasteiger partial charge in [-0.05, 0) is 126 Å². The molecule has 0 atom stereocenters. The lowest BCUT2D eigenvalue weighted by Crippen LogP contribution is -2.14. The van der Waals surface area contributed by atoms with E-state index < -0.39 is 5.97 Å². The third-order valence-electron chi connectivity index (χ3n) is 10.0. The number of phenols is 3. The lowest BCUT2D eigenvalue weighted by molar-refractivity contribution is -0.145. The van der Waals surface area contributed by atoms with Crippen molar-refractivity contribution >= 4 is 52.3 Å². The third kappa shape index (κ3) is 6.94. The number of fused-ring (bicyclic) bond motifs is 8. The molecule has 58 heavy (non-hydrogen) atoms. The van der Waals surface area contributed by atoms with Crippen LogP contribution in [0.5, 0.6) is 23.0 Å². The number of aromatic hydroxyl groups is 3. The van der Waals surface area contributed by atoms with Gasteiger partial charge in [0.2, 0.25) is 0 Å². The maximum atomic E-state index is 12.0. The second-order valence-electron chi connectivity index (χ2n) is 13.8. The Morgan fingerprint density at radius 2 is 0.793 bits per heavy atom. The van der Waals surface area contributed by atoms with Crippen molar-refractivity contribution in [3.63, 3.8) is 0 Å². The molecule has 0 saturated heterocycles. The topological polar surface area (TPSA) is 154 Å². The summed E-state index contributed by atoms with van der Waals surface area (Å²) in [5.41, 5.74) is 12.7. The molecule has 0 unspecified atom stereocenters. The van der Waals surface area contributed by atoms with Crippen molar-refractivity contribution in [2.75, 3.05) is 13.2 Å². The smallest absolute Gasteiger partial charge is 0.344 e. The first kappa shape index (κ1) is 35.8. The van der Waals surface area contributed by atoms with Gasteiger partial charge in [0.15, 0.2) is 6.61 Å². The van der Waals surface area contributed by atoms with Crippen LogP contribution in [0.25, 0.3) is 90.9 Å². The number of esters is 1. The molecule has 4 aromatic carbocycles. The van der Waals surface area contributed by atoms with Gasteiger partial charge < -0.3 is 34.8 Å². The van der Waals surface area contributed by atoms with E-state index in [2.05, 4.69) is 9.97 Å². The number of phenolic OH excluding ortho intramolecular Hbond substituents is 3. The second-order valence-corrected chi connectivity index (χ2v) is 13.8. The molecule has 10 nitrogen and oxygen atoms in total. The van der Waals surface area contributed by atoms with E-state index >= 15 is 0 Å². The predicted octanol–water partition coefficient (Wildman–Crippen LogP) is 10.4. The molecule has 10 heteroatoms. The fraction of sp³-hybridized carbons (Fsp3) is 0.0625. The molecule has 5 heterocycles. The Bertz CT molecular complexity index is 2880. The van der Waals surface area contributed by atoms with Crippen LogP contribution >= 0.6 is 0 Å². The summed E-state index contributed by atoms with van der Waals surface area (Å²) in [5, 5.41) is 30.7. The number of hydrogen-bond acceptors (Lipinski definition) is 8. The summed E-state index contributed by atoms with van der Waals surface area (Å²) in [4.78, 5) is 29.9. The Morgan fingerprint density at radius 3 is 1.10 bits per heavy atom. The normalized spacial score (nSPS) is 11.8. The maximum absolute atomic E-state index is 12.0. The first-order valence-electron chi connectivity index (χ1n) is 18.7. The highest BCUT2D eigenvalue weighted by Gasteiger charge is 2.19. The Kier molecular flexibility index (Phi) is 9.27. The van der Waals surface area contributed by atoms with Gasteiger partial charge in [0, 0.05) is 44.3 Å². The van der Waals surface area contributed by atoms with E-state index in [1.165, 1.54) is 0 Å². The van der Waals surface area contributed by atoms with Crippen LogP contribution in [0.4, 0.5) is 0 Å². The van der Waals surface area contributed by atoms with Crippen LogP contribution in [-0.2, 0) is 9.53 Å². The summed E-state index contributed by atoms with van der Waals surface area (Å²) in [6.45, 7) is 1.83. The zero-order valence-corrected chi connectivity index (χ0v) is 31.2. The van der Waals surface area contributed by atoms with Gasteiger partial charge in [-0.25, -0.2) is 14.8 Å². The lowest BCUT2D eigenvalue weighted by Gasteiger charge is -2.09. The van der Waals surface area contributed by atoms with Crippen molar-refractivity contribution < 1.29 is 29.6 Å². The van der Waals surface area contributed by atoms with Gasteiger partial charge in [-0.2, -0.15) is 0 Å². The van der Waals surface area contributed by atoms with Crippen LogP contribution in [0.1, 0.15) is 29.7 Å². The molecule has 8 bridgehead atoms. The minimum atomic E-state index is -0.442. The van der Waals surface area contributed by atoms with E-state index in [0.29, 0.717) is 28.5 Å². The van der Waals surface area contributed by atoms with Gasteiger partial charge in [-0.1, -0.05) is 48.5 Å². The highest BCUT2D eigenvalue weighted by Crippen LogP contribution is 2.39. The van der Waals surface area contributed by atoms with Gasteiger partial charge in [0.05, 0.1) is 29.4 Å². The number of carbonyl (C=O) groups excluding carboxylic acids is 1. The number of nitrogens with zero attached hydrogens (tertiary/aromatic N) is 2. The number of aromatic nitrogens is 4. The number of benzene rings is 4. The quantitative estimate of drug-likeness (QED) is 0.0959.